The molecule has 0 fully saturated rings. The second-order valence-electron chi connectivity index (χ2n) is 4.78. The molecule has 1 aromatic heterocycles. The van der Waals surface area contributed by atoms with Crippen molar-refractivity contribution in [2.24, 2.45) is 0 Å². The predicted octanol–water partition coefficient (Wildman–Crippen LogP) is 2.55. The summed E-state index contributed by atoms with van der Waals surface area (Å²) in [7, 11) is 0. The molecule has 0 aliphatic rings. The number of aryl methyl sites for hydroxylation is 2. The summed E-state index contributed by atoms with van der Waals surface area (Å²) in [6.07, 6.45) is 4.11. The minimum Gasteiger partial charge on any atom is -0.478 e. The van der Waals surface area contributed by atoms with Gasteiger partial charge < -0.3 is 10.4 Å². The Morgan fingerprint density at radius 1 is 1.33 bits per heavy atom. The summed E-state index contributed by atoms with van der Waals surface area (Å²) in [5, 5.41) is 15.8. The Morgan fingerprint density at radius 3 is 2.76 bits per heavy atom. The summed E-state index contributed by atoms with van der Waals surface area (Å²) in [5.41, 5.74) is 1.87. The number of hydrogen-bond donors (Lipinski definition) is 2. The molecule has 1 amide bonds. The van der Waals surface area contributed by atoms with Crippen LogP contribution in [0.4, 0.5) is 5.69 Å². The van der Waals surface area contributed by atoms with Gasteiger partial charge in [0.25, 0.3) is 5.91 Å². The average molecular weight is 287 g/mol. The number of carboxylic acid groups (broad SMARTS) is 1. The SMILES string of the molecule is CCCn1cc(C(=O)Nc2cc(C(=O)O)ccc2C)cn1. The summed E-state index contributed by atoms with van der Waals surface area (Å²) in [4.78, 5) is 23.1. The average Bonchev–Trinajstić information content (AvgIpc) is 2.90. The molecule has 0 spiro atoms. The lowest BCUT2D eigenvalue weighted by atomic mass is 10.1. The zero-order chi connectivity index (χ0) is 15.4. The number of nitrogens with zero attached hydrogens (tertiary/aromatic N) is 2. The Hall–Kier alpha value is -2.63. The highest BCUT2D eigenvalue weighted by Gasteiger charge is 2.12. The summed E-state index contributed by atoms with van der Waals surface area (Å²) < 4.78 is 1.70. The molecule has 0 aliphatic carbocycles. The van der Waals surface area contributed by atoms with Gasteiger partial charge in [0.05, 0.1) is 17.3 Å². The smallest absolute Gasteiger partial charge is 0.335 e. The molecule has 0 radical (unpaired) electrons. The first-order valence-corrected chi connectivity index (χ1v) is 6.69. The van der Waals surface area contributed by atoms with Gasteiger partial charge in [0.15, 0.2) is 0 Å². The third kappa shape index (κ3) is 3.47. The molecule has 110 valence electrons. The summed E-state index contributed by atoms with van der Waals surface area (Å²) in [5.74, 6) is -1.33. The Kier molecular flexibility index (Phi) is 4.37. The van der Waals surface area contributed by atoms with E-state index in [1.165, 1.54) is 18.3 Å². The fourth-order valence-electron chi connectivity index (χ4n) is 1.92. The highest BCUT2D eigenvalue weighted by molar-refractivity contribution is 6.05. The van der Waals surface area contributed by atoms with Crippen molar-refractivity contribution >= 4 is 17.6 Å². The summed E-state index contributed by atoms with van der Waals surface area (Å²) in [6, 6.07) is 4.62. The molecule has 6 heteroatoms. The van der Waals surface area contributed by atoms with Gasteiger partial charge in [-0.15, -0.1) is 0 Å². The quantitative estimate of drug-likeness (QED) is 0.885. The van der Waals surface area contributed by atoms with Crippen molar-refractivity contribution < 1.29 is 14.7 Å². The number of amides is 1. The highest BCUT2D eigenvalue weighted by atomic mass is 16.4. The van der Waals surface area contributed by atoms with Crippen LogP contribution in [-0.4, -0.2) is 26.8 Å². The van der Waals surface area contributed by atoms with E-state index in [-0.39, 0.29) is 11.5 Å². The molecule has 1 heterocycles. The van der Waals surface area contributed by atoms with Crippen LogP contribution in [-0.2, 0) is 6.54 Å². The minimum atomic E-state index is -1.03. The molecule has 0 atom stereocenters. The van der Waals surface area contributed by atoms with Gasteiger partial charge >= 0.3 is 5.97 Å². The lowest BCUT2D eigenvalue weighted by Crippen LogP contribution is -2.13. The molecule has 1 aromatic carbocycles. The molecule has 2 rings (SSSR count). The van der Waals surface area contributed by atoms with Crippen molar-refractivity contribution in [1.29, 1.82) is 0 Å². The number of nitrogens with one attached hydrogen (secondary N) is 1. The fraction of sp³-hybridized carbons (Fsp3) is 0.267. The summed E-state index contributed by atoms with van der Waals surface area (Å²) in [6.45, 7) is 4.59. The molecule has 0 saturated heterocycles. The molecule has 6 nitrogen and oxygen atoms in total. The van der Waals surface area contributed by atoms with E-state index in [2.05, 4.69) is 10.4 Å². The number of hydrogen-bond acceptors (Lipinski definition) is 3. The monoisotopic (exact) mass is 287 g/mol. The van der Waals surface area contributed by atoms with Gasteiger partial charge in [0.2, 0.25) is 0 Å². The lowest BCUT2D eigenvalue weighted by Gasteiger charge is -2.08. The fourth-order valence-corrected chi connectivity index (χ4v) is 1.92. The number of benzene rings is 1. The van der Waals surface area contributed by atoms with E-state index < -0.39 is 5.97 Å². The largest absolute Gasteiger partial charge is 0.478 e. The van der Waals surface area contributed by atoms with E-state index in [1.54, 1.807) is 16.9 Å². The second-order valence-corrected chi connectivity index (χ2v) is 4.78. The van der Waals surface area contributed by atoms with Crippen LogP contribution >= 0.6 is 0 Å². The number of carbonyl (C=O) groups is 2. The van der Waals surface area contributed by atoms with E-state index in [1.807, 2.05) is 13.8 Å². The van der Waals surface area contributed by atoms with Crippen LogP contribution in [0.15, 0.2) is 30.6 Å². The van der Waals surface area contributed by atoms with Crippen LogP contribution in [0.2, 0.25) is 0 Å². The number of carboxylic acids is 1. The van der Waals surface area contributed by atoms with Crippen molar-refractivity contribution in [1.82, 2.24) is 9.78 Å². The van der Waals surface area contributed by atoms with Gasteiger partial charge in [-0.2, -0.15) is 5.10 Å². The van der Waals surface area contributed by atoms with Crippen LogP contribution in [0.25, 0.3) is 0 Å². The van der Waals surface area contributed by atoms with Gasteiger partial charge in [-0.25, -0.2) is 4.79 Å². The Balaban J connectivity index is 2.18. The van der Waals surface area contributed by atoms with Crippen molar-refractivity contribution in [2.45, 2.75) is 26.8 Å². The predicted molar refractivity (Wildman–Crippen MR) is 78.6 cm³/mol. The normalized spacial score (nSPS) is 10.4. The van der Waals surface area contributed by atoms with E-state index in [0.29, 0.717) is 11.3 Å². The van der Waals surface area contributed by atoms with Crippen LogP contribution < -0.4 is 5.32 Å². The second kappa shape index (κ2) is 6.21. The van der Waals surface area contributed by atoms with Crippen molar-refractivity contribution in [3.63, 3.8) is 0 Å². The third-order valence-corrected chi connectivity index (χ3v) is 3.08. The first-order valence-electron chi connectivity index (χ1n) is 6.69. The minimum absolute atomic E-state index is 0.137. The lowest BCUT2D eigenvalue weighted by molar-refractivity contribution is 0.0696. The van der Waals surface area contributed by atoms with Crippen molar-refractivity contribution in [2.75, 3.05) is 5.32 Å². The molecule has 0 saturated carbocycles. The maximum Gasteiger partial charge on any atom is 0.335 e. The molecule has 0 bridgehead atoms. The van der Waals surface area contributed by atoms with E-state index in [4.69, 9.17) is 5.11 Å². The zero-order valence-corrected chi connectivity index (χ0v) is 12.0. The first kappa shape index (κ1) is 14.8. The molecule has 2 N–H and O–H groups in total. The molecule has 21 heavy (non-hydrogen) atoms. The number of rotatable bonds is 5. The molecular weight excluding hydrogens is 270 g/mol. The molecular formula is C15H17N3O3. The van der Waals surface area contributed by atoms with Crippen LogP contribution in [0.1, 0.15) is 39.6 Å². The number of anilines is 1. The Labute approximate surface area is 122 Å². The summed E-state index contributed by atoms with van der Waals surface area (Å²) >= 11 is 0. The molecule has 2 aromatic rings. The van der Waals surface area contributed by atoms with Gasteiger partial charge in [-0.3, -0.25) is 9.48 Å². The van der Waals surface area contributed by atoms with Gasteiger partial charge in [0.1, 0.15) is 0 Å². The van der Waals surface area contributed by atoms with Crippen LogP contribution in [0, 0.1) is 6.92 Å². The van der Waals surface area contributed by atoms with E-state index in [0.717, 1.165) is 18.5 Å². The van der Waals surface area contributed by atoms with Gasteiger partial charge in [-0.1, -0.05) is 13.0 Å². The van der Waals surface area contributed by atoms with Gasteiger partial charge in [-0.05, 0) is 31.0 Å². The van der Waals surface area contributed by atoms with Crippen LogP contribution in [0.5, 0.6) is 0 Å². The maximum absolute atomic E-state index is 12.2. The maximum atomic E-state index is 12.2. The molecule has 0 unspecified atom stereocenters. The highest BCUT2D eigenvalue weighted by Crippen LogP contribution is 2.18. The standard InChI is InChI=1S/C15H17N3O3/c1-3-6-18-9-12(8-16-18)14(19)17-13-7-11(15(20)21)5-4-10(13)2/h4-5,7-9H,3,6H2,1-2H3,(H,17,19)(H,20,21). The Bertz CT molecular complexity index is 677. The van der Waals surface area contributed by atoms with Crippen LogP contribution in [0.3, 0.4) is 0 Å². The van der Waals surface area contributed by atoms with E-state index in [9.17, 15) is 9.59 Å². The third-order valence-electron chi connectivity index (χ3n) is 3.08. The zero-order valence-electron chi connectivity index (χ0n) is 12.0. The number of aromatic nitrogens is 2. The molecule has 0 aliphatic heterocycles. The van der Waals surface area contributed by atoms with Gasteiger partial charge in [0, 0.05) is 18.4 Å². The van der Waals surface area contributed by atoms with E-state index >= 15 is 0 Å². The van der Waals surface area contributed by atoms with Crippen molar-refractivity contribution in [3.8, 4) is 0 Å². The number of aromatic carboxylic acids is 1. The Morgan fingerprint density at radius 2 is 2.10 bits per heavy atom. The number of carbonyl (C=O) groups excluding carboxylic acids is 1. The topological polar surface area (TPSA) is 84.2 Å². The first-order chi connectivity index (χ1) is 10.0. The van der Waals surface area contributed by atoms with Crippen molar-refractivity contribution in [3.05, 3.63) is 47.3 Å².